The standard InChI is InChI=1S/C19H16N2OS/c1-13(12-20)23-19-11-17(14-6-4-3-5-7-14)16-9-8-15(22-2)10-18(16)21-19/h3-11,13H,1-2H3/t13-/m0/s1. The van der Waals surface area contributed by atoms with Crippen LogP contribution in [0, 0.1) is 11.3 Å². The van der Waals surface area contributed by atoms with Gasteiger partial charge in [0.1, 0.15) is 5.75 Å². The van der Waals surface area contributed by atoms with Gasteiger partial charge in [0.25, 0.3) is 0 Å². The lowest BCUT2D eigenvalue weighted by atomic mass is 10.0. The molecule has 0 aliphatic rings. The fourth-order valence-electron chi connectivity index (χ4n) is 2.44. The zero-order chi connectivity index (χ0) is 16.2. The number of hydrogen-bond acceptors (Lipinski definition) is 4. The Morgan fingerprint density at radius 2 is 1.91 bits per heavy atom. The van der Waals surface area contributed by atoms with Crippen molar-refractivity contribution in [3.8, 4) is 22.9 Å². The summed E-state index contributed by atoms with van der Waals surface area (Å²) in [6, 6.07) is 20.4. The van der Waals surface area contributed by atoms with E-state index in [1.807, 2.05) is 43.3 Å². The van der Waals surface area contributed by atoms with E-state index >= 15 is 0 Å². The number of nitrogens with zero attached hydrogens (tertiary/aromatic N) is 2. The van der Waals surface area contributed by atoms with E-state index in [4.69, 9.17) is 10.00 Å². The summed E-state index contributed by atoms with van der Waals surface area (Å²) in [6.45, 7) is 1.88. The Labute approximate surface area is 139 Å². The smallest absolute Gasteiger partial charge is 0.121 e. The lowest BCUT2D eigenvalue weighted by Gasteiger charge is -2.11. The lowest BCUT2D eigenvalue weighted by molar-refractivity contribution is 0.415. The first-order valence-electron chi connectivity index (χ1n) is 7.32. The molecule has 0 N–H and O–H groups in total. The molecule has 3 rings (SSSR count). The van der Waals surface area contributed by atoms with Gasteiger partial charge in [0.2, 0.25) is 0 Å². The van der Waals surface area contributed by atoms with Crippen molar-refractivity contribution in [1.82, 2.24) is 4.98 Å². The van der Waals surface area contributed by atoms with E-state index in [2.05, 4.69) is 29.3 Å². The molecule has 1 heterocycles. The van der Waals surface area contributed by atoms with Gasteiger partial charge in [0, 0.05) is 11.5 Å². The summed E-state index contributed by atoms with van der Waals surface area (Å²) in [5.74, 6) is 0.777. The van der Waals surface area contributed by atoms with Crippen LogP contribution in [0.15, 0.2) is 59.6 Å². The normalized spacial score (nSPS) is 11.9. The van der Waals surface area contributed by atoms with Gasteiger partial charge in [-0.15, -0.1) is 0 Å². The number of fused-ring (bicyclic) bond motifs is 1. The second kappa shape index (κ2) is 6.72. The largest absolute Gasteiger partial charge is 0.497 e. The van der Waals surface area contributed by atoms with Crippen LogP contribution in [0.25, 0.3) is 22.0 Å². The maximum Gasteiger partial charge on any atom is 0.121 e. The number of hydrogen-bond donors (Lipinski definition) is 0. The van der Waals surface area contributed by atoms with Gasteiger partial charge in [0.15, 0.2) is 0 Å². The summed E-state index contributed by atoms with van der Waals surface area (Å²) in [5.41, 5.74) is 3.13. The topological polar surface area (TPSA) is 45.9 Å². The van der Waals surface area contributed by atoms with Crippen molar-refractivity contribution in [2.45, 2.75) is 17.2 Å². The van der Waals surface area contributed by atoms with E-state index in [1.54, 1.807) is 7.11 Å². The first kappa shape index (κ1) is 15.4. The second-order valence-electron chi connectivity index (χ2n) is 5.15. The summed E-state index contributed by atoms with van der Waals surface area (Å²) in [5, 5.41) is 10.8. The van der Waals surface area contributed by atoms with E-state index in [1.165, 1.54) is 11.8 Å². The Kier molecular flexibility index (Phi) is 4.50. The fraction of sp³-hybridized carbons (Fsp3) is 0.158. The first-order chi connectivity index (χ1) is 11.2. The number of rotatable bonds is 4. The highest BCUT2D eigenvalue weighted by molar-refractivity contribution is 8.00. The summed E-state index contributed by atoms with van der Waals surface area (Å²) in [6.07, 6.45) is 0. The Morgan fingerprint density at radius 3 is 2.61 bits per heavy atom. The molecule has 0 aliphatic carbocycles. The van der Waals surface area contributed by atoms with E-state index in [0.717, 1.165) is 32.8 Å². The summed E-state index contributed by atoms with van der Waals surface area (Å²) < 4.78 is 5.31. The third kappa shape index (κ3) is 3.30. The first-order valence-corrected chi connectivity index (χ1v) is 8.19. The van der Waals surface area contributed by atoms with Crippen LogP contribution in [-0.2, 0) is 0 Å². The number of methoxy groups -OCH3 is 1. The van der Waals surface area contributed by atoms with E-state index in [-0.39, 0.29) is 5.25 Å². The van der Waals surface area contributed by atoms with Crippen LogP contribution in [0.2, 0.25) is 0 Å². The summed E-state index contributed by atoms with van der Waals surface area (Å²) >= 11 is 1.47. The summed E-state index contributed by atoms with van der Waals surface area (Å²) in [4.78, 5) is 4.69. The SMILES string of the molecule is COc1ccc2c(-c3ccccc3)cc(S[C@@H](C)C#N)nc2c1. The van der Waals surface area contributed by atoms with Gasteiger partial charge >= 0.3 is 0 Å². The maximum atomic E-state index is 9.06. The maximum absolute atomic E-state index is 9.06. The minimum Gasteiger partial charge on any atom is -0.497 e. The minimum absolute atomic E-state index is 0.144. The quantitative estimate of drug-likeness (QED) is 0.640. The Bertz CT molecular complexity index is 872. The monoisotopic (exact) mass is 320 g/mol. The molecule has 0 radical (unpaired) electrons. The highest BCUT2D eigenvalue weighted by atomic mass is 32.2. The molecule has 0 saturated heterocycles. The molecule has 0 unspecified atom stereocenters. The van der Waals surface area contributed by atoms with E-state index < -0.39 is 0 Å². The van der Waals surface area contributed by atoms with Gasteiger partial charge in [-0.3, -0.25) is 0 Å². The van der Waals surface area contributed by atoms with Gasteiger partial charge in [0.05, 0.1) is 29.0 Å². The molecule has 0 spiro atoms. The molecule has 114 valence electrons. The molecule has 3 aromatic rings. The van der Waals surface area contributed by atoms with Crippen molar-refractivity contribution in [2.75, 3.05) is 7.11 Å². The second-order valence-corrected chi connectivity index (χ2v) is 6.51. The van der Waals surface area contributed by atoms with Gasteiger partial charge in [-0.1, -0.05) is 42.1 Å². The van der Waals surface area contributed by atoms with Gasteiger partial charge in [-0.05, 0) is 36.2 Å². The van der Waals surface area contributed by atoms with Crippen LogP contribution in [0.1, 0.15) is 6.92 Å². The molecule has 1 atom stereocenters. The van der Waals surface area contributed by atoms with E-state index in [0.29, 0.717) is 0 Å². The van der Waals surface area contributed by atoms with Crippen LogP contribution >= 0.6 is 11.8 Å². The third-order valence-electron chi connectivity index (χ3n) is 3.56. The van der Waals surface area contributed by atoms with Crippen molar-refractivity contribution in [2.24, 2.45) is 0 Å². The van der Waals surface area contributed by atoms with Crippen LogP contribution < -0.4 is 4.74 Å². The van der Waals surface area contributed by atoms with Crippen molar-refractivity contribution in [3.63, 3.8) is 0 Å². The van der Waals surface area contributed by atoms with Gasteiger partial charge in [-0.2, -0.15) is 5.26 Å². The van der Waals surface area contributed by atoms with E-state index in [9.17, 15) is 0 Å². The minimum atomic E-state index is -0.144. The molecule has 3 nitrogen and oxygen atoms in total. The number of aromatic nitrogens is 1. The molecule has 0 amide bonds. The third-order valence-corrected chi connectivity index (χ3v) is 4.47. The number of thioether (sulfide) groups is 1. The number of nitriles is 1. The molecule has 2 aromatic carbocycles. The molecule has 0 aliphatic heterocycles. The average Bonchev–Trinajstić information content (AvgIpc) is 2.61. The predicted molar refractivity (Wildman–Crippen MR) is 94.7 cm³/mol. The highest BCUT2D eigenvalue weighted by Crippen LogP contribution is 2.34. The van der Waals surface area contributed by atoms with Crippen molar-refractivity contribution in [3.05, 3.63) is 54.6 Å². The Balaban J connectivity index is 2.21. The van der Waals surface area contributed by atoms with Crippen molar-refractivity contribution in [1.29, 1.82) is 5.26 Å². The molecule has 0 saturated carbocycles. The molecule has 0 fully saturated rings. The zero-order valence-corrected chi connectivity index (χ0v) is 13.8. The number of benzene rings is 2. The Morgan fingerprint density at radius 1 is 1.13 bits per heavy atom. The lowest BCUT2D eigenvalue weighted by Crippen LogP contribution is -1.94. The van der Waals surface area contributed by atoms with Crippen LogP contribution in [-0.4, -0.2) is 17.3 Å². The fourth-order valence-corrected chi connectivity index (χ4v) is 3.19. The highest BCUT2D eigenvalue weighted by Gasteiger charge is 2.11. The summed E-state index contributed by atoms with van der Waals surface area (Å²) in [7, 11) is 1.65. The molecular formula is C19H16N2OS. The predicted octanol–water partition coefficient (Wildman–Crippen LogP) is 4.91. The Hall–Kier alpha value is -2.51. The molecular weight excluding hydrogens is 304 g/mol. The van der Waals surface area contributed by atoms with Crippen molar-refractivity contribution >= 4 is 22.7 Å². The molecule has 0 bridgehead atoms. The zero-order valence-electron chi connectivity index (χ0n) is 13.0. The van der Waals surface area contributed by atoms with Crippen molar-refractivity contribution < 1.29 is 4.74 Å². The molecule has 23 heavy (non-hydrogen) atoms. The average molecular weight is 320 g/mol. The van der Waals surface area contributed by atoms with Crippen LogP contribution in [0.5, 0.6) is 5.75 Å². The van der Waals surface area contributed by atoms with Gasteiger partial charge < -0.3 is 4.74 Å². The molecule has 1 aromatic heterocycles. The van der Waals surface area contributed by atoms with Crippen LogP contribution in [0.3, 0.4) is 0 Å². The molecule has 4 heteroatoms. The number of pyridine rings is 1. The van der Waals surface area contributed by atoms with Gasteiger partial charge in [-0.25, -0.2) is 4.98 Å². The van der Waals surface area contributed by atoms with Crippen LogP contribution in [0.4, 0.5) is 0 Å². The number of ether oxygens (including phenoxy) is 1.